The molecule has 0 unspecified atom stereocenters. The first kappa shape index (κ1) is 25.0. The Bertz CT molecular complexity index is 757. The van der Waals surface area contributed by atoms with Crippen molar-refractivity contribution in [1.29, 1.82) is 0 Å². The van der Waals surface area contributed by atoms with Gasteiger partial charge >= 0.3 is 71.1 Å². The summed E-state index contributed by atoms with van der Waals surface area (Å²) < 4.78 is -0.703. The number of carboxylic acids is 2. The average Bonchev–Trinajstić information content (AvgIpc) is 3.09. The van der Waals surface area contributed by atoms with Crippen molar-refractivity contribution < 1.29 is 29.4 Å². The number of thioether (sulfide) groups is 1. The predicted octanol–water partition coefficient (Wildman–Crippen LogP) is -0.749. The minimum absolute atomic E-state index is 0. The third-order valence-electron chi connectivity index (χ3n) is 4.36. The Morgan fingerprint density at radius 2 is 1.89 bits per heavy atom. The zero-order valence-electron chi connectivity index (χ0n) is 13.3. The molecule has 2 saturated heterocycles. The van der Waals surface area contributed by atoms with Crippen LogP contribution in [0.5, 0.6) is 0 Å². The molecule has 0 radical (unpaired) electrons. The van der Waals surface area contributed by atoms with Gasteiger partial charge in [0.15, 0.2) is 5.92 Å². The predicted molar refractivity (Wildman–Crippen MR) is 105 cm³/mol. The minimum atomic E-state index is -1.40. The van der Waals surface area contributed by atoms with Gasteiger partial charge in [-0.2, -0.15) is 11.3 Å². The van der Waals surface area contributed by atoms with Crippen LogP contribution < -0.4 is 5.32 Å². The molecule has 0 spiro atoms. The molecule has 1 aromatic heterocycles. The molecular formula is C15H18N2Na2O6S2. The maximum absolute atomic E-state index is 12.4. The molecule has 3 N–H and O–H groups in total. The van der Waals surface area contributed by atoms with Crippen LogP contribution in [-0.2, 0) is 19.2 Å². The van der Waals surface area contributed by atoms with Crippen molar-refractivity contribution >= 4 is 106 Å². The maximum atomic E-state index is 12.4. The molecule has 2 fully saturated rings. The zero-order chi connectivity index (χ0) is 18.5. The van der Waals surface area contributed by atoms with Crippen molar-refractivity contribution in [2.24, 2.45) is 0 Å². The molecule has 2 aliphatic rings. The number of carbonyl (C=O) groups is 4. The summed E-state index contributed by atoms with van der Waals surface area (Å²) in [5.41, 5.74) is 0.349. The molecule has 1 aromatic rings. The van der Waals surface area contributed by atoms with E-state index < -0.39 is 51.9 Å². The van der Waals surface area contributed by atoms with Gasteiger partial charge < -0.3 is 20.4 Å². The van der Waals surface area contributed by atoms with Gasteiger partial charge in [0.1, 0.15) is 17.5 Å². The summed E-state index contributed by atoms with van der Waals surface area (Å²) in [6.45, 7) is 3.46. The van der Waals surface area contributed by atoms with Crippen molar-refractivity contribution in [3.8, 4) is 0 Å². The second-order valence-corrected chi connectivity index (χ2v) is 8.96. The molecule has 4 atom stereocenters. The average molecular weight is 432 g/mol. The molecule has 27 heavy (non-hydrogen) atoms. The van der Waals surface area contributed by atoms with Crippen LogP contribution in [0.15, 0.2) is 16.8 Å². The molecule has 0 aromatic carbocycles. The second-order valence-electron chi connectivity index (χ2n) is 6.41. The quantitative estimate of drug-likeness (QED) is 0.318. The molecule has 138 valence electrons. The summed E-state index contributed by atoms with van der Waals surface area (Å²) in [5, 5.41) is 23.9. The summed E-state index contributed by atoms with van der Waals surface area (Å²) >= 11 is 2.56. The van der Waals surface area contributed by atoms with Crippen molar-refractivity contribution in [3.63, 3.8) is 0 Å². The van der Waals surface area contributed by atoms with Gasteiger partial charge in [0.05, 0.1) is 0 Å². The first-order chi connectivity index (χ1) is 11.6. The third kappa shape index (κ3) is 4.42. The molecule has 3 rings (SSSR count). The van der Waals surface area contributed by atoms with Crippen molar-refractivity contribution in [2.45, 2.75) is 42.0 Å². The van der Waals surface area contributed by atoms with Crippen molar-refractivity contribution in [2.75, 3.05) is 0 Å². The summed E-state index contributed by atoms with van der Waals surface area (Å²) in [6.07, 6.45) is 0. The fraction of sp³-hybridized carbons (Fsp3) is 0.467. The van der Waals surface area contributed by atoms with E-state index in [4.69, 9.17) is 0 Å². The first-order valence-corrected chi connectivity index (χ1v) is 9.25. The number of amides is 2. The topological polar surface area (TPSA) is 124 Å². The molecule has 2 amide bonds. The summed E-state index contributed by atoms with van der Waals surface area (Å²) in [5.74, 6) is -5.08. The van der Waals surface area contributed by atoms with Crippen LogP contribution in [-0.4, -0.2) is 120 Å². The van der Waals surface area contributed by atoms with Crippen LogP contribution in [0.25, 0.3) is 0 Å². The fourth-order valence-corrected chi connectivity index (χ4v) is 5.54. The monoisotopic (exact) mass is 432 g/mol. The molecular weight excluding hydrogens is 414 g/mol. The van der Waals surface area contributed by atoms with Crippen molar-refractivity contribution in [1.82, 2.24) is 10.2 Å². The van der Waals surface area contributed by atoms with Crippen molar-refractivity contribution in [3.05, 3.63) is 22.4 Å². The van der Waals surface area contributed by atoms with E-state index in [1.165, 1.54) is 28.0 Å². The molecule has 3 heterocycles. The molecule has 0 saturated carbocycles. The number of nitrogens with zero attached hydrogens (tertiary/aromatic N) is 1. The Kier molecular flexibility index (Phi) is 8.48. The molecule has 8 nitrogen and oxygen atoms in total. The van der Waals surface area contributed by atoms with E-state index in [1.807, 2.05) is 0 Å². The van der Waals surface area contributed by atoms with E-state index in [9.17, 15) is 29.4 Å². The number of rotatable bonds is 5. The van der Waals surface area contributed by atoms with E-state index in [1.54, 1.807) is 30.7 Å². The number of carbonyl (C=O) groups excluding carboxylic acids is 2. The van der Waals surface area contributed by atoms with Gasteiger partial charge in [-0.1, -0.05) is 0 Å². The second kappa shape index (κ2) is 9.17. The number of hydrogen-bond donors (Lipinski definition) is 3. The van der Waals surface area contributed by atoms with Gasteiger partial charge in [-0.15, -0.1) is 11.8 Å². The van der Waals surface area contributed by atoms with E-state index in [0.29, 0.717) is 5.56 Å². The third-order valence-corrected chi connectivity index (χ3v) is 6.63. The summed E-state index contributed by atoms with van der Waals surface area (Å²) in [4.78, 5) is 48.9. The Balaban J connectivity index is 0.00000182. The summed E-state index contributed by atoms with van der Waals surface area (Å²) in [6, 6.07) is -0.344. The van der Waals surface area contributed by atoms with Crippen LogP contribution in [0.3, 0.4) is 0 Å². The number of carboxylic acid groups (broad SMARTS) is 2. The van der Waals surface area contributed by atoms with Gasteiger partial charge in [0.2, 0.25) is 11.8 Å². The van der Waals surface area contributed by atoms with Gasteiger partial charge in [0.25, 0.3) is 0 Å². The van der Waals surface area contributed by atoms with E-state index >= 15 is 0 Å². The zero-order valence-corrected chi connectivity index (χ0v) is 15.0. The Labute approximate surface area is 208 Å². The van der Waals surface area contributed by atoms with Crippen LogP contribution in [0, 0.1) is 0 Å². The van der Waals surface area contributed by atoms with Crippen LogP contribution in [0.1, 0.15) is 25.3 Å². The van der Waals surface area contributed by atoms with Gasteiger partial charge in [-0.05, 0) is 36.2 Å². The molecule has 0 bridgehead atoms. The Morgan fingerprint density at radius 1 is 1.26 bits per heavy atom. The molecule has 12 heteroatoms. The van der Waals surface area contributed by atoms with Gasteiger partial charge in [-0.3, -0.25) is 14.4 Å². The normalized spacial score (nSPS) is 25.9. The van der Waals surface area contributed by atoms with Crippen LogP contribution in [0.4, 0.5) is 0 Å². The number of fused-ring (bicyclic) bond motifs is 1. The number of thiophene rings is 1. The van der Waals surface area contributed by atoms with E-state index in [2.05, 4.69) is 5.32 Å². The first-order valence-electron chi connectivity index (χ1n) is 7.43. The van der Waals surface area contributed by atoms with E-state index in [0.717, 1.165) is 0 Å². The van der Waals surface area contributed by atoms with Crippen LogP contribution in [0.2, 0.25) is 0 Å². The standard InChI is InChI=1S/C15H16N2O6S2.2Na.2H/c1-15(2)9(14(22)23)17-11(19)8(12(17)25-15)16-10(18)7(13(20)21)6-3-4-24-5-6;;;;/h3-5,7-9,12H,1-2H3,(H,16,18)(H,20,21)(H,22,23);;;;/t7-,8-,9+,12-;;;;/m1..../s1. The Hall–Kier alpha value is -0.0700. The number of hydrogen-bond acceptors (Lipinski definition) is 6. The fourth-order valence-electron chi connectivity index (χ4n) is 3.23. The molecule has 2 aliphatic heterocycles. The number of aliphatic carboxylic acids is 2. The van der Waals surface area contributed by atoms with Gasteiger partial charge in [0, 0.05) is 4.75 Å². The summed E-state index contributed by atoms with van der Waals surface area (Å²) in [7, 11) is 0. The number of nitrogens with one attached hydrogen (secondary N) is 1. The number of β-lactam (4-membered cyclic amide) rings is 1. The van der Waals surface area contributed by atoms with Gasteiger partial charge in [-0.25, -0.2) is 4.79 Å². The van der Waals surface area contributed by atoms with Crippen LogP contribution >= 0.6 is 23.1 Å². The van der Waals surface area contributed by atoms with E-state index in [-0.39, 0.29) is 59.1 Å². The SMILES string of the molecule is CC1(C)S[C@@H]2[C@H](NC(=O)[C@H](C(=O)O)c3ccsc3)C(=O)N2[C@H]1C(=O)O.[NaH].[NaH]. The molecule has 0 aliphatic carbocycles. The Morgan fingerprint density at radius 3 is 2.37 bits per heavy atom.